The Morgan fingerprint density at radius 1 is 0.897 bits per heavy atom. The van der Waals surface area contributed by atoms with Crippen molar-refractivity contribution < 1.29 is 32.2 Å². The first-order valence-corrected chi connectivity index (χ1v) is 12.8. The topological polar surface area (TPSA) is 76.7 Å². The van der Waals surface area contributed by atoms with Crippen molar-refractivity contribution in [3.8, 4) is 5.75 Å². The van der Waals surface area contributed by atoms with E-state index < -0.39 is 52.5 Å². The van der Waals surface area contributed by atoms with Crippen LogP contribution in [0.2, 0.25) is 0 Å². The van der Waals surface area contributed by atoms with Crippen LogP contribution in [0.25, 0.3) is 0 Å². The number of anilines is 1. The lowest BCUT2D eigenvalue weighted by atomic mass is 9.80. The Balaban J connectivity index is 1.72. The van der Waals surface area contributed by atoms with Crippen LogP contribution in [0.4, 0.5) is 23.7 Å². The number of nitrogens with one attached hydrogen (secondary N) is 2. The summed E-state index contributed by atoms with van der Waals surface area (Å²) in [5, 5.41) is 5.04. The van der Waals surface area contributed by atoms with Crippen molar-refractivity contribution in [3.05, 3.63) is 93.8 Å². The first kappa shape index (κ1) is 28.0. The predicted molar refractivity (Wildman–Crippen MR) is 142 cm³/mol. The van der Waals surface area contributed by atoms with E-state index in [-0.39, 0.29) is 0 Å². The zero-order valence-electron chi connectivity index (χ0n) is 22.1. The van der Waals surface area contributed by atoms with E-state index in [0.717, 1.165) is 50.8 Å². The minimum Gasteiger partial charge on any atom is -0.491 e. The maximum absolute atomic E-state index is 14.9. The van der Waals surface area contributed by atoms with E-state index in [0.29, 0.717) is 17.0 Å². The monoisotopic (exact) mass is 540 g/mol. The molecule has 0 radical (unpaired) electrons. The summed E-state index contributed by atoms with van der Waals surface area (Å²) in [6.07, 6.45) is 5.42. The number of amides is 2. The van der Waals surface area contributed by atoms with E-state index in [9.17, 15) is 22.8 Å². The normalized spacial score (nSPS) is 14.4. The van der Waals surface area contributed by atoms with Crippen molar-refractivity contribution in [3.63, 3.8) is 0 Å². The van der Waals surface area contributed by atoms with Crippen molar-refractivity contribution in [1.29, 1.82) is 0 Å². The van der Waals surface area contributed by atoms with Crippen LogP contribution in [0.3, 0.4) is 0 Å². The molecule has 1 atom stereocenters. The molecule has 6 nitrogen and oxygen atoms in total. The Bertz CT molecular complexity index is 1360. The van der Waals surface area contributed by atoms with Crippen LogP contribution in [0.15, 0.2) is 48.5 Å². The number of rotatable bonds is 7. The van der Waals surface area contributed by atoms with Gasteiger partial charge in [0.2, 0.25) is 0 Å². The molecule has 0 aliphatic heterocycles. The first-order chi connectivity index (χ1) is 18.8. The minimum absolute atomic E-state index is 0.301. The molecule has 1 aliphatic carbocycles. The number of hydrogen-bond donors (Lipinski definition) is 2. The van der Waals surface area contributed by atoms with Crippen LogP contribution in [-0.2, 0) is 4.74 Å². The van der Waals surface area contributed by atoms with Crippen LogP contribution >= 0.6 is 0 Å². The molecule has 1 aliphatic rings. The SMILES string of the molecule is COC(=O)c1ccc(C(NC(=O)Nc2c(F)c(C)c(F)c(OC)c2F)c2ccccc2C2CCCCC2)cc1. The maximum Gasteiger partial charge on any atom is 0.337 e. The molecule has 39 heavy (non-hydrogen) atoms. The number of hydrogen-bond acceptors (Lipinski definition) is 4. The summed E-state index contributed by atoms with van der Waals surface area (Å²) in [5.41, 5.74) is 1.60. The molecule has 9 heteroatoms. The number of halogens is 3. The number of benzene rings is 3. The zero-order valence-corrected chi connectivity index (χ0v) is 22.1. The van der Waals surface area contributed by atoms with Gasteiger partial charge in [0.1, 0.15) is 5.69 Å². The molecule has 1 fully saturated rings. The maximum atomic E-state index is 14.9. The van der Waals surface area contributed by atoms with Gasteiger partial charge in [-0.05, 0) is 54.5 Å². The molecule has 1 saturated carbocycles. The van der Waals surface area contributed by atoms with Gasteiger partial charge < -0.3 is 20.1 Å². The van der Waals surface area contributed by atoms with Gasteiger partial charge in [-0.2, -0.15) is 0 Å². The van der Waals surface area contributed by atoms with E-state index in [4.69, 9.17) is 9.47 Å². The third-order valence-corrected chi connectivity index (χ3v) is 7.23. The lowest BCUT2D eigenvalue weighted by molar-refractivity contribution is 0.0600. The van der Waals surface area contributed by atoms with Gasteiger partial charge in [-0.15, -0.1) is 0 Å². The summed E-state index contributed by atoms with van der Waals surface area (Å²) in [4.78, 5) is 25.2. The third kappa shape index (κ3) is 5.87. The summed E-state index contributed by atoms with van der Waals surface area (Å²) in [6.45, 7) is 1.13. The van der Waals surface area contributed by atoms with E-state index in [2.05, 4.69) is 10.6 Å². The molecule has 3 aromatic rings. The molecular formula is C30H31F3N2O4. The number of carbonyl (C=O) groups excluding carboxylic acids is 2. The van der Waals surface area contributed by atoms with Crippen LogP contribution in [0.1, 0.15) is 76.7 Å². The van der Waals surface area contributed by atoms with Gasteiger partial charge in [-0.25, -0.2) is 22.8 Å². The average Bonchev–Trinajstić information content (AvgIpc) is 2.97. The fraction of sp³-hybridized carbons (Fsp3) is 0.333. The van der Waals surface area contributed by atoms with Crippen molar-refractivity contribution in [1.82, 2.24) is 5.32 Å². The highest BCUT2D eigenvalue weighted by molar-refractivity contribution is 5.91. The molecule has 0 spiro atoms. The average molecular weight is 541 g/mol. The quantitative estimate of drug-likeness (QED) is 0.312. The Morgan fingerprint density at radius 3 is 2.21 bits per heavy atom. The fourth-order valence-corrected chi connectivity index (χ4v) is 5.16. The van der Waals surface area contributed by atoms with Gasteiger partial charge >= 0.3 is 12.0 Å². The van der Waals surface area contributed by atoms with Crippen LogP contribution < -0.4 is 15.4 Å². The molecule has 1 unspecified atom stereocenters. The smallest absolute Gasteiger partial charge is 0.337 e. The molecule has 0 saturated heterocycles. The summed E-state index contributed by atoms with van der Waals surface area (Å²) < 4.78 is 53.5. The number of esters is 1. The number of carbonyl (C=O) groups is 2. The van der Waals surface area contributed by atoms with Gasteiger partial charge in [-0.3, -0.25) is 0 Å². The van der Waals surface area contributed by atoms with E-state index in [1.165, 1.54) is 13.5 Å². The summed E-state index contributed by atoms with van der Waals surface area (Å²) in [7, 11) is 2.34. The lowest BCUT2D eigenvalue weighted by Gasteiger charge is -2.28. The Labute approximate surface area is 225 Å². The van der Waals surface area contributed by atoms with Crippen LogP contribution in [-0.4, -0.2) is 26.2 Å². The second kappa shape index (κ2) is 12.2. The molecule has 0 bridgehead atoms. The van der Waals surface area contributed by atoms with Gasteiger partial charge in [0, 0.05) is 5.56 Å². The molecule has 206 valence electrons. The molecule has 4 rings (SSSR count). The number of methoxy groups -OCH3 is 2. The second-order valence-electron chi connectivity index (χ2n) is 9.58. The van der Waals surface area contributed by atoms with Gasteiger partial charge in [0.05, 0.1) is 25.8 Å². The zero-order chi connectivity index (χ0) is 28.1. The molecule has 2 amide bonds. The molecule has 3 aromatic carbocycles. The fourth-order valence-electron chi connectivity index (χ4n) is 5.16. The van der Waals surface area contributed by atoms with Crippen molar-refractivity contribution >= 4 is 17.7 Å². The first-order valence-electron chi connectivity index (χ1n) is 12.8. The molecule has 2 N–H and O–H groups in total. The highest BCUT2D eigenvalue weighted by atomic mass is 19.1. The van der Waals surface area contributed by atoms with Gasteiger partial charge in [0.15, 0.2) is 23.2 Å². The molecule has 0 heterocycles. The predicted octanol–water partition coefficient (Wildman–Crippen LogP) is 7.17. The summed E-state index contributed by atoms with van der Waals surface area (Å²) in [5.74, 6) is -4.75. The Morgan fingerprint density at radius 2 is 1.56 bits per heavy atom. The van der Waals surface area contributed by atoms with Crippen LogP contribution in [0, 0.1) is 24.4 Å². The van der Waals surface area contributed by atoms with Crippen molar-refractivity contribution in [2.24, 2.45) is 0 Å². The Kier molecular flexibility index (Phi) is 8.79. The number of ether oxygens (including phenoxy) is 2. The largest absolute Gasteiger partial charge is 0.491 e. The Hall–Kier alpha value is -4.01. The molecular weight excluding hydrogens is 509 g/mol. The summed E-state index contributed by atoms with van der Waals surface area (Å²) in [6, 6.07) is 12.7. The lowest BCUT2D eigenvalue weighted by Crippen LogP contribution is -2.34. The van der Waals surface area contributed by atoms with Gasteiger partial charge in [0.25, 0.3) is 0 Å². The standard InChI is InChI=1S/C30H31F3N2O4/c1-17-23(31)27(25(33)28(38-2)24(17)32)35-30(37)34-26(19-13-15-20(16-14-19)29(36)39-3)22-12-8-7-11-21(22)18-9-5-4-6-10-18/h7-8,11-16,18,26H,4-6,9-10H2,1-3H3,(H2,34,35,37). The molecule has 0 aromatic heterocycles. The highest BCUT2D eigenvalue weighted by Gasteiger charge is 2.28. The number of urea groups is 1. The minimum atomic E-state index is -1.35. The van der Waals surface area contributed by atoms with E-state index in [1.807, 2.05) is 24.3 Å². The van der Waals surface area contributed by atoms with Gasteiger partial charge in [-0.1, -0.05) is 55.7 Å². The summed E-state index contributed by atoms with van der Waals surface area (Å²) >= 11 is 0. The van der Waals surface area contributed by atoms with Crippen molar-refractivity contribution in [2.45, 2.75) is 51.0 Å². The second-order valence-corrected chi connectivity index (χ2v) is 9.58. The van der Waals surface area contributed by atoms with E-state index in [1.54, 1.807) is 24.3 Å². The van der Waals surface area contributed by atoms with Crippen molar-refractivity contribution in [2.75, 3.05) is 19.5 Å². The highest BCUT2D eigenvalue weighted by Crippen LogP contribution is 2.38. The van der Waals surface area contributed by atoms with Crippen LogP contribution in [0.5, 0.6) is 5.75 Å². The van der Waals surface area contributed by atoms with E-state index >= 15 is 0 Å². The third-order valence-electron chi connectivity index (χ3n) is 7.23.